The van der Waals surface area contributed by atoms with Gasteiger partial charge in [0.2, 0.25) is 6.29 Å². The molecule has 1 aromatic carbocycles. The summed E-state index contributed by atoms with van der Waals surface area (Å²) in [4.78, 5) is 22.5. The van der Waals surface area contributed by atoms with Gasteiger partial charge in [-0.05, 0) is 38.1 Å². The fourth-order valence-corrected chi connectivity index (χ4v) is 3.20. The second-order valence-electron chi connectivity index (χ2n) is 6.71. The Hall–Kier alpha value is -2.62. The van der Waals surface area contributed by atoms with Crippen LogP contribution in [0.1, 0.15) is 13.8 Å². The van der Waals surface area contributed by atoms with Crippen LogP contribution in [0, 0.1) is 0 Å². The van der Waals surface area contributed by atoms with Gasteiger partial charge in [0.15, 0.2) is 12.2 Å². The number of carbonyl (C=O) groups is 1. The molecule has 9 nitrogen and oxygen atoms in total. The molecule has 1 amide bonds. The van der Waals surface area contributed by atoms with Gasteiger partial charge in [-0.25, -0.2) is 9.59 Å². The summed E-state index contributed by atoms with van der Waals surface area (Å²) in [7, 11) is 1.41. The average molecular weight is 379 g/mol. The molecule has 1 saturated heterocycles. The Bertz CT molecular complexity index is 892. The van der Waals surface area contributed by atoms with Crippen LogP contribution in [-0.2, 0) is 14.2 Å². The highest BCUT2D eigenvalue weighted by Gasteiger charge is 2.53. The number of aliphatic hydroxyl groups excluding tert-OH is 1. The van der Waals surface area contributed by atoms with Crippen molar-refractivity contribution in [2.24, 2.45) is 5.73 Å². The molecule has 0 saturated carbocycles. The molecule has 3 rings (SSSR count). The largest absolute Gasteiger partial charge is 0.462 e. The van der Waals surface area contributed by atoms with Crippen molar-refractivity contribution in [2.75, 3.05) is 7.11 Å². The summed E-state index contributed by atoms with van der Waals surface area (Å²) in [6, 6.07) is 7.66. The number of ether oxygens (including phenoxy) is 4. The Morgan fingerprint density at radius 1 is 1.26 bits per heavy atom. The van der Waals surface area contributed by atoms with E-state index in [0.717, 1.165) is 0 Å². The van der Waals surface area contributed by atoms with Gasteiger partial charge in [0, 0.05) is 18.6 Å². The second kappa shape index (κ2) is 7.18. The second-order valence-corrected chi connectivity index (χ2v) is 6.71. The predicted octanol–water partition coefficient (Wildman–Crippen LogP) is 1.15. The van der Waals surface area contributed by atoms with E-state index < -0.39 is 41.9 Å². The summed E-state index contributed by atoms with van der Waals surface area (Å²) in [5.74, 6) is 0.366. The number of amides is 1. The van der Waals surface area contributed by atoms with Crippen LogP contribution in [0.3, 0.4) is 0 Å². The van der Waals surface area contributed by atoms with Gasteiger partial charge in [-0.2, -0.15) is 0 Å². The summed E-state index contributed by atoms with van der Waals surface area (Å²) in [6.07, 6.45) is -5.38. The number of aliphatic hydroxyl groups is 1. The quantitative estimate of drug-likeness (QED) is 0.757. The molecule has 0 bridgehead atoms. The molecular formula is C18H21NO8. The van der Waals surface area contributed by atoms with Gasteiger partial charge in [-0.3, -0.25) is 0 Å². The van der Waals surface area contributed by atoms with Crippen molar-refractivity contribution in [1.29, 1.82) is 0 Å². The van der Waals surface area contributed by atoms with Crippen molar-refractivity contribution in [2.45, 2.75) is 44.1 Å². The maximum Gasteiger partial charge on any atom is 0.404 e. The normalized spacial score (nSPS) is 27.3. The number of primary amides is 1. The predicted molar refractivity (Wildman–Crippen MR) is 93.3 cm³/mol. The Kier molecular flexibility index (Phi) is 5.09. The SMILES string of the molecule is CO[C@@H]1C(OC(N)=O)C(O)C(Oc2ccc3oc(=O)ccc3c2)OC1(C)C. The van der Waals surface area contributed by atoms with Crippen LogP contribution in [0.5, 0.6) is 5.75 Å². The minimum atomic E-state index is -1.35. The summed E-state index contributed by atoms with van der Waals surface area (Å²) >= 11 is 0. The third-order valence-electron chi connectivity index (χ3n) is 4.37. The summed E-state index contributed by atoms with van der Waals surface area (Å²) in [5, 5.41) is 11.2. The molecule has 4 atom stereocenters. The highest BCUT2D eigenvalue weighted by atomic mass is 16.7. The van der Waals surface area contributed by atoms with Gasteiger partial charge in [-0.1, -0.05) is 0 Å². The van der Waals surface area contributed by atoms with Crippen LogP contribution in [0.4, 0.5) is 4.79 Å². The van der Waals surface area contributed by atoms with Gasteiger partial charge in [0.05, 0.1) is 5.60 Å². The Morgan fingerprint density at radius 3 is 2.67 bits per heavy atom. The number of nitrogens with two attached hydrogens (primary N) is 1. The number of rotatable bonds is 4. The van der Waals surface area contributed by atoms with Gasteiger partial charge < -0.3 is 34.2 Å². The lowest BCUT2D eigenvalue weighted by atomic mass is 9.89. The number of carbonyl (C=O) groups excluding carboxylic acids is 1. The molecule has 146 valence electrons. The minimum absolute atomic E-state index is 0.366. The van der Waals surface area contributed by atoms with Crippen molar-refractivity contribution in [3.63, 3.8) is 0 Å². The first kappa shape index (κ1) is 19.2. The van der Waals surface area contributed by atoms with Crippen LogP contribution in [0.15, 0.2) is 39.5 Å². The molecule has 9 heteroatoms. The number of hydrogen-bond donors (Lipinski definition) is 2. The van der Waals surface area contributed by atoms with E-state index in [1.807, 2.05) is 0 Å². The summed E-state index contributed by atoms with van der Waals surface area (Å²) in [6.45, 7) is 3.44. The molecule has 3 unspecified atom stereocenters. The summed E-state index contributed by atoms with van der Waals surface area (Å²) in [5.41, 5.74) is 4.12. The minimum Gasteiger partial charge on any atom is -0.462 e. The molecule has 2 heterocycles. The number of hydrogen-bond acceptors (Lipinski definition) is 8. The number of fused-ring (bicyclic) bond motifs is 1. The van der Waals surface area contributed by atoms with E-state index in [1.165, 1.54) is 13.2 Å². The van der Waals surface area contributed by atoms with Crippen molar-refractivity contribution >= 4 is 17.1 Å². The van der Waals surface area contributed by atoms with E-state index in [-0.39, 0.29) is 0 Å². The topological polar surface area (TPSA) is 130 Å². The van der Waals surface area contributed by atoms with Crippen LogP contribution >= 0.6 is 0 Å². The molecule has 0 radical (unpaired) electrons. The molecule has 27 heavy (non-hydrogen) atoms. The molecule has 1 aromatic heterocycles. The van der Waals surface area contributed by atoms with Gasteiger partial charge in [0.25, 0.3) is 0 Å². The van der Waals surface area contributed by atoms with E-state index in [9.17, 15) is 14.7 Å². The van der Waals surface area contributed by atoms with E-state index in [0.29, 0.717) is 16.7 Å². The van der Waals surface area contributed by atoms with Crippen molar-refractivity contribution in [3.05, 3.63) is 40.8 Å². The molecule has 1 aliphatic heterocycles. The Morgan fingerprint density at radius 2 is 2.00 bits per heavy atom. The van der Waals surface area contributed by atoms with Crippen LogP contribution in [0.2, 0.25) is 0 Å². The van der Waals surface area contributed by atoms with Crippen molar-refractivity contribution in [1.82, 2.24) is 0 Å². The Labute approximate surface area is 154 Å². The van der Waals surface area contributed by atoms with Crippen LogP contribution in [-0.4, -0.2) is 48.5 Å². The monoisotopic (exact) mass is 379 g/mol. The maximum atomic E-state index is 11.3. The third-order valence-corrected chi connectivity index (χ3v) is 4.37. The standard InChI is InChI=1S/C18H21NO8/c1-18(2)15(23-3)14(26-17(19)22)13(21)16(27-18)24-10-5-6-11-9(8-10)4-7-12(20)25-11/h4-8,13-16,21H,1-3H3,(H2,19,22)/t13?,14?,15-,16?/m1/s1. The third kappa shape index (κ3) is 3.90. The molecule has 2 aromatic rings. The molecule has 0 aliphatic carbocycles. The lowest BCUT2D eigenvalue weighted by Crippen LogP contribution is -2.65. The average Bonchev–Trinajstić information content (AvgIpc) is 2.58. The number of benzene rings is 1. The van der Waals surface area contributed by atoms with E-state index in [4.69, 9.17) is 29.1 Å². The van der Waals surface area contributed by atoms with Crippen molar-refractivity contribution in [3.8, 4) is 5.75 Å². The zero-order valence-corrected chi connectivity index (χ0v) is 15.1. The highest BCUT2D eigenvalue weighted by molar-refractivity contribution is 5.77. The van der Waals surface area contributed by atoms with E-state index in [2.05, 4.69) is 0 Å². The lowest BCUT2D eigenvalue weighted by Gasteiger charge is -2.47. The van der Waals surface area contributed by atoms with Gasteiger partial charge in [0.1, 0.15) is 17.4 Å². The van der Waals surface area contributed by atoms with Crippen LogP contribution < -0.4 is 16.1 Å². The molecule has 3 N–H and O–H groups in total. The first-order valence-electron chi connectivity index (χ1n) is 8.26. The molecule has 1 fully saturated rings. The Balaban J connectivity index is 1.88. The smallest absolute Gasteiger partial charge is 0.404 e. The number of methoxy groups -OCH3 is 1. The first-order chi connectivity index (χ1) is 12.7. The molecule has 0 spiro atoms. The van der Waals surface area contributed by atoms with Gasteiger partial charge >= 0.3 is 11.7 Å². The molecular weight excluding hydrogens is 358 g/mol. The summed E-state index contributed by atoms with van der Waals surface area (Å²) < 4.78 is 27.1. The fraction of sp³-hybridized carbons (Fsp3) is 0.444. The van der Waals surface area contributed by atoms with Crippen molar-refractivity contribution < 1.29 is 33.3 Å². The van der Waals surface area contributed by atoms with E-state index in [1.54, 1.807) is 38.1 Å². The van der Waals surface area contributed by atoms with Gasteiger partial charge in [-0.15, -0.1) is 0 Å². The zero-order valence-electron chi connectivity index (χ0n) is 15.1. The van der Waals surface area contributed by atoms with E-state index >= 15 is 0 Å². The molecule has 1 aliphatic rings. The lowest BCUT2D eigenvalue weighted by molar-refractivity contribution is -0.304. The highest BCUT2D eigenvalue weighted by Crippen LogP contribution is 2.34. The zero-order chi connectivity index (χ0) is 19.8. The fourth-order valence-electron chi connectivity index (χ4n) is 3.20. The van der Waals surface area contributed by atoms with Crippen LogP contribution in [0.25, 0.3) is 11.0 Å². The first-order valence-corrected chi connectivity index (χ1v) is 8.26. The maximum absolute atomic E-state index is 11.3.